The molecule has 1 aromatic carbocycles. The van der Waals surface area contributed by atoms with Gasteiger partial charge in [-0.15, -0.1) is 6.58 Å². The van der Waals surface area contributed by atoms with Crippen molar-refractivity contribution in [2.24, 2.45) is 0 Å². The van der Waals surface area contributed by atoms with Crippen LogP contribution in [0.1, 0.15) is 0 Å². The molecule has 2 rings (SSSR count). The Morgan fingerprint density at radius 3 is 3.06 bits per heavy atom. The maximum atomic E-state index is 11.8. The van der Waals surface area contributed by atoms with E-state index < -0.39 is 16.9 Å². The molecule has 1 atom stereocenters. The van der Waals surface area contributed by atoms with Crippen LogP contribution in [-0.2, 0) is 10.8 Å². The minimum atomic E-state index is -1.19. The van der Waals surface area contributed by atoms with Gasteiger partial charge in [0.25, 0.3) is 0 Å². The number of aromatic nitrogens is 2. The van der Waals surface area contributed by atoms with Crippen molar-refractivity contribution < 1.29 is 14.1 Å². The fraction of sp³-hybridized carbons (Fsp3) is 0.0909. The van der Waals surface area contributed by atoms with Gasteiger partial charge in [0.2, 0.25) is 5.95 Å². The molecule has 0 spiro atoms. The molecule has 0 bridgehead atoms. The van der Waals surface area contributed by atoms with Crippen molar-refractivity contribution in [3.05, 3.63) is 30.9 Å². The average molecular weight is 265 g/mol. The number of aromatic amines is 1. The van der Waals surface area contributed by atoms with Gasteiger partial charge < -0.3 is 10.1 Å². The topological polar surface area (TPSA) is 95.1 Å². The first-order chi connectivity index (χ1) is 8.60. The molecule has 0 saturated carbocycles. The lowest BCUT2D eigenvalue weighted by atomic mass is 10.3. The molecule has 0 aliphatic rings. The predicted octanol–water partition coefficient (Wildman–Crippen LogP) is 1.95. The summed E-state index contributed by atoms with van der Waals surface area (Å²) < 4.78 is 11.8. The number of fused-ring (bicyclic) bond motifs is 1. The quantitative estimate of drug-likeness (QED) is 0.736. The van der Waals surface area contributed by atoms with Crippen LogP contribution >= 0.6 is 0 Å². The molecule has 0 aliphatic carbocycles. The van der Waals surface area contributed by atoms with Crippen LogP contribution < -0.4 is 5.32 Å². The number of H-pyrrole nitrogens is 1. The molecule has 0 aliphatic heterocycles. The summed E-state index contributed by atoms with van der Waals surface area (Å²) in [6.45, 7) is 3.54. The van der Waals surface area contributed by atoms with E-state index >= 15 is 0 Å². The number of nitrogens with zero attached hydrogens (tertiary/aromatic N) is 1. The number of nitrogens with one attached hydrogen (secondary N) is 2. The Labute approximate surface area is 105 Å². The highest BCUT2D eigenvalue weighted by Gasteiger charge is 2.08. The number of imidazole rings is 1. The molecule has 0 radical (unpaired) electrons. The van der Waals surface area contributed by atoms with E-state index in [0.29, 0.717) is 21.7 Å². The van der Waals surface area contributed by atoms with E-state index in [2.05, 4.69) is 21.9 Å². The number of hydrogen-bond donors (Lipinski definition) is 3. The van der Waals surface area contributed by atoms with Crippen LogP contribution in [0.25, 0.3) is 11.0 Å². The normalized spacial score (nSPS) is 12.2. The van der Waals surface area contributed by atoms with Gasteiger partial charge >= 0.3 is 6.09 Å². The highest BCUT2D eigenvalue weighted by Crippen LogP contribution is 2.18. The van der Waals surface area contributed by atoms with E-state index in [1.807, 2.05) is 0 Å². The zero-order valence-electron chi connectivity index (χ0n) is 9.34. The molecule has 1 amide bonds. The summed E-state index contributed by atoms with van der Waals surface area (Å²) in [6.07, 6.45) is 0.398. The minimum absolute atomic E-state index is 0.143. The molecule has 7 heteroatoms. The predicted molar refractivity (Wildman–Crippen MR) is 69.2 cm³/mol. The van der Waals surface area contributed by atoms with Crippen LogP contribution in [0.2, 0.25) is 0 Å². The third-order valence-corrected chi connectivity index (χ3v) is 3.53. The molecule has 94 valence electrons. The SMILES string of the molecule is C=CCS(=O)c1ccc2nc(NC(=O)O)[nH]c2c1. The van der Waals surface area contributed by atoms with Crippen molar-refractivity contribution in [2.75, 3.05) is 11.1 Å². The smallest absolute Gasteiger partial charge is 0.411 e. The number of rotatable bonds is 4. The molecule has 1 unspecified atom stereocenters. The monoisotopic (exact) mass is 265 g/mol. The summed E-state index contributed by atoms with van der Waals surface area (Å²) in [5.74, 6) is 0.518. The molecule has 18 heavy (non-hydrogen) atoms. The number of amides is 1. The van der Waals surface area contributed by atoms with Crippen LogP contribution in [0.5, 0.6) is 0 Å². The summed E-state index contributed by atoms with van der Waals surface area (Å²) in [6, 6.07) is 5.08. The summed E-state index contributed by atoms with van der Waals surface area (Å²) in [5.41, 5.74) is 1.24. The molecule has 0 saturated heterocycles. The first-order valence-corrected chi connectivity index (χ1v) is 6.41. The van der Waals surface area contributed by atoms with E-state index in [0.717, 1.165) is 0 Å². The van der Waals surface area contributed by atoms with Crippen LogP contribution in [0.4, 0.5) is 10.7 Å². The Morgan fingerprint density at radius 2 is 2.39 bits per heavy atom. The molecular formula is C11H11N3O3S. The van der Waals surface area contributed by atoms with Crippen molar-refractivity contribution in [3.63, 3.8) is 0 Å². The van der Waals surface area contributed by atoms with Gasteiger partial charge in [-0.05, 0) is 18.2 Å². The van der Waals surface area contributed by atoms with Crippen molar-refractivity contribution in [3.8, 4) is 0 Å². The van der Waals surface area contributed by atoms with Gasteiger partial charge in [0.15, 0.2) is 0 Å². The first kappa shape index (κ1) is 12.3. The molecule has 6 nitrogen and oxygen atoms in total. The Hall–Kier alpha value is -2.15. The number of carbonyl (C=O) groups is 1. The Balaban J connectivity index is 2.36. The summed E-state index contributed by atoms with van der Waals surface area (Å²) in [5, 5.41) is 10.7. The molecule has 1 heterocycles. The lowest BCUT2D eigenvalue weighted by Crippen LogP contribution is -2.08. The molecule has 3 N–H and O–H groups in total. The van der Waals surface area contributed by atoms with Gasteiger partial charge in [-0.25, -0.2) is 9.78 Å². The second-order valence-corrected chi connectivity index (χ2v) is 4.99. The number of anilines is 1. The third-order valence-electron chi connectivity index (χ3n) is 2.21. The Kier molecular flexibility index (Phi) is 3.42. The minimum Gasteiger partial charge on any atom is -0.465 e. The average Bonchev–Trinajstić information content (AvgIpc) is 2.69. The third kappa shape index (κ3) is 2.57. The lowest BCUT2D eigenvalue weighted by molar-refractivity contribution is 0.209. The van der Waals surface area contributed by atoms with E-state index in [9.17, 15) is 9.00 Å². The van der Waals surface area contributed by atoms with Crippen molar-refractivity contribution in [1.29, 1.82) is 0 Å². The van der Waals surface area contributed by atoms with Crippen molar-refractivity contribution >= 4 is 33.9 Å². The highest BCUT2D eigenvalue weighted by atomic mass is 32.2. The molecular weight excluding hydrogens is 254 g/mol. The highest BCUT2D eigenvalue weighted by molar-refractivity contribution is 7.85. The Morgan fingerprint density at radius 1 is 1.61 bits per heavy atom. The number of carboxylic acid groups (broad SMARTS) is 1. The summed E-state index contributed by atoms with van der Waals surface area (Å²) in [4.78, 5) is 18.0. The van der Waals surface area contributed by atoms with E-state index in [4.69, 9.17) is 5.11 Å². The fourth-order valence-corrected chi connectivity index (χ4v) is 2.37. The Bertz CT molecular complexity index is 635. The zero-order valence-corrected chi connectivity index (χ0v) is 10.2. The second-order valence-electron chi connectivity index (χ2n) is 3.50. The standard InChI is InChI=1S/C11H11N3O3S/c1-2-5-18(17)7-3-4-8-9(6-7)13-10(12-8)14-11(15)16/h2-4,6H,1,5H2,(H,15,16)(H2,12,13,14). The van der Waals surface area contributed by atoms with Gasteiger partial charge in [-0.2, -0.15) is 0 Å². The molecule has 2 aromatic rings. The van der Waals surface area contributed by atoms with Gasteiger partial charge in [0, 0.05) is 10.6 Å². The van der Waals surface area contributed by atoms with Gasteiger partial charge in [0.05, 0.1) is 21.8 Å². The largest absolute Gasteiger partial charge is 0.465 e. The van der Waals surface area contributed by atoms with E-state index in [-0.39, 0.29) is 5.95 Å². The lowest BCUT2D eigenvalue weighted by Gasteiger charge is -1.98. The summed E-state index contributed by atoms with van der Waals surface area (Å²) in [7, 11) is -1.14. The van der Waals surface area contributed by atoms with Crippen LogP contribution in [0.15, 0.2) is 35.7 Å². The van der Waals surface area contributed by atoms with Crippen LogP contribution in [0, 0.1) is 0 Å². The second kappa shape index (κ2) is 5.01. The number of benzene rings is 1. The molecule has 0 fully saturated rings. The summed E-state index contributed by atoms with van der Waals surface area (Å²) >= 11 is 0. The molecule has 1 aromatic heterocycles. The van der Waals surface area contributed by atoms with Crippen molar-refractivity contribution in [2.45, 2.75) is 4.90 Å². The van der Waals surface area contributed by atoms with Gasteiger partial charge in [-0.3, -0.25) is 9.53 Å². The van der Waals surface area contributed by atoms with E-state index in [1.165, 1.54) is 0 Å². The number of hydrogen-bond acceptors (Lipinski definition) is 3. The van der Waals surface area contributed by atoms with Gasteiger partial charge in [0.1, 0.15) is 0 Å². The zero-order chi connectivity index (χ0) is 13.1. The van der Waals surface area contributed by atoms with Crippen LogP contribution in [0.3, 0.4) is 0 Å². The van der Waals surface area contributed by atoms with E-state index in [1.54, 1.807) is 24.3 Å². The van der Waals surface area contributed by atoms with Gasteiger partial charge in [-0.1, -0.05) is 6.08 Å². The van der Waals surface area contributed by atoms with Crippen molar-refractivity contribution in [1.82, 2.24) is 9.97 Å². The maximum Gasteiger partial charge on any atom is 0.411 e. The fourth-order valence-electron chi connectivity index (χ4n) is 1.49. The van der Waals surface area contributed by atoms with Crippen LogP contribution in [-0.4, -0.2) is 31.1 Å². The first-order valence-electron chi connectivity index (χ1n) is 5.09. The maximum absolute atomic E-state index is 11.8.